The molecular formula is C28H42N4O7. The summed E-state index contributed by atoms with van der Waals surface area (Å²) in [5.74, 6) is -1.99. The van der Waals surface area contributed by atoms with E-state index in [0.717, 1.165) is 5.56 Å². The summed E-state index contributed by atoms with van der Waals surface area (Å²) in [6.45, 7) is 8.75. The lowest BCUT2D eigenvalue weighted by atomic mass is 10.0. The van der Waals surface area contributed by atoms with Gasteiger partial charge in [-0.1, -0.05) is 44.2 Å². The molecule has 1 aromatic carbocycles. The van der Waals surface area contributed by atoms with Gasteiger partial charge in [0.2, 0.25) is 17.7 Å². The molecule has 1 heterocycles. The molecule has 11 heteroatoms. The molecule has 0 radical (unpaired) electrons. The molecule has 0 bridgehead atoms. The van der Waals surface area contributed by atoms with Crippen LogP contribution in [0.1, 0.15) is 53.0 Å². The van der Waals surface area contributed by atoms with Crippen LogP contribution in [0.2, 0.25) is 0 Å². The molecule has 2 atom stereocenters. The summed E-state index contributed by atoms with van der Waals surface area (Å²) >= 11 is 0. The lowest BCUT2D eigenvalue weighted by molar-refractivity contribution is -0.158. The average molecular weight is 547 g/mol. The van der Waals surface area contributed by atoms with E-state index in [1.54, 1.807) is 34.6 Å². The van der Waals surface area contributed by atoms with E-state index in [-0.39, 0.29) is 37.4 Å². The van der Waals surface area contributed by atoms with E-state index >= 15 is 0 Å². The van der Waals surface area contributed by atoms with Gasteiger partial charge in [-0.3, -0.25) is 19.2 Å². The van der Waals surface area contributed by atoms with Gasteiger partial charge in [0.15, 0.2) is 0 Å². The van der Waals surface area contributed by atoms with Crippen LogP contribution in [0.5, 0.6) is 0 Å². The maximum Gasteiger partial charge on any atom is 0.408 e. The standard InChI is InChI=1S/C28H42N4O7/c1-19(2)24(29-27(37)38-18-20-12-9-8-10-13-20)26(36)32-15-11-14-21(32)25(35)31(7)16-22(33)30(6)17-23(34)39-28(3,4)5/h8-10,12-13,19,21,24H,11,14-18H2,1-7H3,(H,29,37). The summed E-state index contributed by atoms with van der Waals surface area (Å²) in [5.41, 5.74) is 0.146. The Hall–Kier alpha value is -3.63. The van der Waals surface area contributed by atoms with Crippen molar-refractivity contribution >= 4 is 29.8 Å². The van der Waals surface area contributed by atoms with Gasteiger partial charge in [-0.2, -0.15) is 0 Å². The summed E-state index contributed by atoms with van der Waals surface area (Å²) in [4.78, 5) is 67.8. The van der Waals surface area contributed by atoms with Gasteiger partial charge in [0.1, 0.15) is 30.8 Å². The second-order valence-corrected chi connectivity index (χ2v) is 11.1. The topological polar surface area (TPSA) is 126 Å². The molecule has 1 aliphatic heterocycles. The maximum absolute atomic E-state index is 13.5. The molecule has 2 unspecified atom stereocenters. The number of esters is 1. The number of hydrogen-bond acceptors (Lipinski definition) is 7. The highest BCUT2D eigenvalue weighted by atomic mass is 16.6. The van der Waals surface area contributed by atoms with Crippen molar-refractivity contribution in [1.29, 1.82) is 0 Å². The number of hydrogen-bond donors (Lipinski definition) is 1. The first-order valence-electron chi connectivity index (χ1n) is 13.2. The molecule has 39 heavy (non-hydrogen) atoms. The Morgan fingerprint density at radius 1 is 1.03 bits per heavy atom. The van der Waals surface area contributed by atoms with Crippen LogP contribution in [0.4, 0.5) is 4.79 Å². The molecule has 11 nitrogen and oxygen atoms in total. The Labute approximate surface area is 230 Å². The zero-order chi connectivity index (χ0) is 29.3. The van der Waals surface area contributed by atoms with E-state index in [4.69, 9.17) is 9.47 Å². The van der Waals surface area contributed by atoms with Crippen LogP contribution in [0.25, 0.3) is 0 Å². The van der Waals surface area contributed by atoms with Crippen molar-refractivity contribution in [3.8, 4) is 0 Å². The number of ether oxygens (including phenoxy) is 2. The zero-order valence-corrected chi connectivity index (χ0v) is 24.1. The quantitative estimate of drug-likeness (QED) is 0.446. The predicted molar refractivity (Wildman–Crippen MR) is 144 cm³/mol. The molecule has 1 aliphatic rings. The number of likely N-dealkylation sites (tertiary alicyclic amines) is 1. The first kappa shape index (κ1) is 31.6. The Balaban J connectivity index is 1.97. The average Bonchev–Trinajstić information content (AvgIpc) is 3.34. The van der Waals surface area contributed by atoms with Crippen molar-refractivity contribution in [2.24, 2.45) is 5.92 Å². The summed E-state index contributed by atoms with van der Waals surface area (Å²) in [7, 11) is 2.95. The highest BCUT2D eigenvalue weighted by Gasteiger charge is 2.40. The smallest absolute Gasteiger partial charge is 0.408 e. The van der Waals surface area contributed by atoms with Gasteiger partial charge in [-0.25, -0.2) is 4.79 Å². The molecule has 1 saturated heterocycles. The number of nitrogens with zero attached hydrogens (tertiary/aromatic N) is 3. The second-order valence-electron chi connectivity index (χ2n) is 11.1. The molecule has 1 N–H and O–H groups in total. The van der Waals surface area contributed by atoms with Gasteiger partial charge in [0.25, 0.3) is 0 Å². The van der Waals surface area contributed by atoms with E-state index in [0.29, 0.717) is 19.4 Å². The highest BCUT2D eigenvalue weighted by molar-refractivity contribution is 5.93. The monoisotopic (exact) mass is 546 g/mol. The van der Waals surface area contributed by atoms with E-state index in [9.17, 15) is 24.0 Å². The van der Waals surface area contributed by atoms with Gasteiger partial charge in [0, 0.05) is 20.6 Å². The Morgan fingerprint density at radius 2 is 1.67 bits per heavy atom. The SMILES string of the molecule is CC(C)C(NC(=O)OCc1ccccc1)C(=O)N1CCCC1C(=O)N(C)CC(=O)N(C)CC(=O)OC(C)(C)C. The van der Waals surface area contributed by atoms with Crippen molar-refractivity contribution < 1.29 is 33.4 Å². The molecular weight excluding hydrogens is 504 g/mol. The molecule has 1 aromatic rings. The van der Waals surface area contributed by atoms with Gasteiger partial charge in [-0.15, -0.1) is 0 Å². The van der Waals surface area contributed by atoms with E-state index < -0.39 is 35.7 Å². The van der Waals surface area contributed by atoms with Crippen LogP contribution in [0.3, 0.4) is 0 Å². The molecule has 2 rings (SSSR count). The summed E-state index contributed by atoms with van der Waals surface area (Å²) < 4.78 is 10.5. The normalized spacial score (nSPS) is 15.9. The van der Waals surface area contributed by atoms with E-state index in [2.05, 4.69) is 5.32 Å². The number of amides is 4. The number of rotatable bonds is 10. The molecule has 0 aromatic heterocycles. The number of likely N-dealkylation sites (N-methyl/N-ethyl adjacent to an activating group) is 2. The summed E-state index contributed by atoms with van der Waals surface area (Å²) in [6, 6.07) is 7.56. The largest absolute Gasteiger partial charge is 0.459 e. The van der Waals surface area contributed by atoms with Gasteiger partial charge < -0.3 is 29.5 Å². The van der Waals surface area contributed by atoms with Crippen molar-refractivity contribution in [1.82, 2.24) is 20.0 Å². The lowest BCUT2D eigenvalue weighted by Gasteiger charge is -2.32. The first-order chi connectivity index (χ1) is 18.2. The summed E-state index contributed by atoms with van der Waals surface area (Å²) in [5, 5.41) is 2.65. The third kappa shape index (κ3) is 9.88. The number of alkyl carbamates (subject to hydrolysis) is 1. The van der Waals surface area contributed by atoms with Crippen LogP contribution in [-0.4, -0.2) is 95.9 Å². The molecule has 0 spiro atoms. The van der Waals surface area contributed by atoms with Crippen LogP contribution in [-0.2, 0) is 35.3 Å². The third-order valence-corrected chi connectivity index (χ3v) is 6.20. The molecule has 4 amide bonds. The number of carbonyl (C=O) groups is 5. The maximum atomic E-state index is 13.5. The fraction of sp³-hybridized carbons (Fsp3) is 0.607. The minimum atomic E-state index is -0.881. The fourth-order valence-electron chi connectivity index (χ4n) is 4.18. The molecule has 216 valence electrons. The van der Waals surface area contributed by atoms with Gasteiger partial charge in [0.05, 0.1) is 6.54 Å². The molecule has 0 saturated carbocycles. The number of benzene rings is 1. The Bertz CT molecular complexity index is 1020. The Morgan fingerprint density at radius 3 is 2.26 bits per heavy atom. The fourth-order valence-corrected chi connectivity index (χ4v) is 4.18. The van der Waals surface area contributed by atoms with E-state index in [1.807, 2.05) is 30.3 Å². The minimum absolute atomic E-state index is 0.0672. The molecule has 1 fully saturated rings. The van der Waals surface area contributed by atoms with Crippen LogP contribution >= 0.6 is 0 Å². The van der Waals surface area contributed by atoms with Crippen LogP contribution in [0, 0.1) is 5.92 Å². The van der Waals surface area contributed by atoms with Gasteiger partial charge >= 0.3 is 12.1 Å². The van der Waals surface area contributed by atoms with Crippen molar-refractivity contribution in [2.45, 2.75) is 71.8 Å². The van der Waals surface area contributed by atoms with Gasteiger partial charge in [-0.05, 0) is 45.1 Å². The molecule has 0 aliphatic carbocycles. The predicted octanol–water partition coefficient (Wildman–Crippen LogP) is 2.19. The number of nitrogens with one attached hydrogen (secondary N) is 1. The van der Waals surface area contributed by atoms with Crippen LogP contribution < -0.4 is 5.32 Å². The third-order valence-electron chi connectivity index (χ3n) is 6.20. The minimum Gasteiger partial charge on any atom is -0.459 e. The van der Waals surface area contributed by atoms with Crippen molar-refractivity contribution in [2.75, 3.05) is 33.7 Å². The summed E-state index contributed by atoms with van der Waals surface area (Å²) in [6.07, 6.45) is 0.343. The van der Waals surface area contributed by atoms with Crippen molar-refractivity contribution in [3.05, 3.63) is 35.9 Å². The van der Waals surface area contributed by atoms with Crippen LogP contribution in [0.15, 0.2) is 30.3 Å². The zero-order valence-electron chi connectivity index (χ0n) is 24.1. The lowest BCUT2D eigenvalue weighted by Crippen LogP contribution is -2.56. The highest BCUT2D eigenvalue weighted by Crippen LogP contribution is 2.22. The van der Waals surface area contributed by atoms with E-state index in [1.165, 1.54) is 28.8 Å². The Kier molecular flexibility index (Phi) is 11.3. The first-order valence-corrected chi connectivity index (χ1v) is 13.2. The second kappa shape index (κ2) is 14.0. The van der Waals surface area contributed by atoms with Crippen molar-refractivity contribution in [3.63, 3.8) is 0 Å². The number of carbonyl (C=O) groups excluding carboxylic acids is 5.